The van der Waals surface area contributed by atoms with Crippen LogP contribution in [0.5, 0.6) is 5.75 Å². The van der Waals surface area contributed by atoms with E-state index in [0.717, 1.165) is 34.8 Å². The third-order valence-corrected chi connectivity index (χ3v) is 3.70. The van der Waals surface area contributed by atoms with Crippen molar-refractivity contribution in [3.63, 3.8) is 0 Å². The molecule has 128 valence electrons. The monoisotopic (exact) mass is 332 g/mol. The fourth-order valence-corrected chi connectivity index (χ4v) is 2.48. The maximum atomic E-state index is 6.06. The van der Waals surface area contributed by atoms with Crippen LogP contribution in [0.15, 0.2) is 73.1 Å². The molecule has 0 radical (unpaired) electrons. The molecule has 0 bridgehead atoms. The molecule has 0 saturated carbocycles. The highest BCUT2D eigenvalue weighted by Gasteiger charge is 2.07. The zero-order valence-electron chi connectivity index (χ0n) is 14.3. The van der Waals surface area contributed by atoms with Crippen LogP contribution in [0.3, 0.4) is 0 Å². The van der Waals surface area contributed by atoms with Gasteiger partial charge in [0.2, 0.25) is 0 Å². The molecule has 1 N–H and O–H groups in total. The second-order valence-electron chi connectivity index (χ2n) is 5.82. The summed E-state index contributed by atoms with van der Waals surface area (Å²) in [6.07, 6.45) is 1.62. The first-order valence-corrected chi connectivity index (χ1v) is 8.15. The van der Waals surface area contributed by atoms with E-state index in [9.17, 15) is 0 Å². The normalized spacial score (nSPS) is 9.96. The lowest BCUT2D eigenvalue weighted by Gasteiger charge is -2.12. The molecule has 3 aromatic rings. The smallest absolute Gasteiger partial charge is 0.129 e. The van der Waals surface area contributed by atoms with E-state index in [1.54, 1.807) is 6.20 Å². The van der Waals surface area contributed by atoms with Crippen molar-refractivity contribution in [1.82, 2.24) is 10.3 Å². The summed E-state index contributed by atoms with van der Waals surface area (Å²) in [5.74, 6) is 0.806. The lowest BCUT2D eigenvalue weighted by Crippen LogP contribution is -2.09. The van der Waals surface area contributed by atoms with Gasteiger partial charge in [-0.3, -0.25) is 0 Å². The topological polar surface area (TPSA) is 34.1 Å². The lowest BCUT2D eigenvalue weighted by atomic mass is 10.1. The molecule has 0 unspecified atom stereocenters. The maximum Gasteiger partial charge on any atom is 0.129 e. The third kappa shape index (κ3) is 4.62. The van der Waals surface area contributed by atoms with E-state index in [0.29, 0.717) is 6.61 Å². The van der Waals surface area contributed by atoms with Gasteiger partial charge in [0.05, 0.1) is 11.9 Å². The van der Waals surface area contributed by atoms with Crippen molar-refractivity contribution in [2.75, 3.05) is 0 Å². The summed E-state index contributed by atoms with van der Waals surface area (Å²) in [6, 6.07) is 23.8. The Morgan fingerprint density at radius 2 is 2.00 bits per heavy atom. The van der Waals surface area contributed by atoms with E-state index in [-0.39, 0.29) is 2.85 Å². The van der Waals surface area contributed by atoms with E-state index in [4.69, 9.17) is 4.74 Å². The molecule has 1 aromatic heterocycles. The van der Waals surface area contributed by atoms with Crippen molar-refractivity contribution >= 4 is 0 Å². The average Bonchev–Trinajstić information content (AvgIpc) is 2.66. The molecule has 3 heteroatoms. The number of benzene rings is 2. The highest BCUT2D eigenvalue weighted by atomic mass is 16.5. The van der Waals surface area contributed by atoms with Gasteiger partial charge in [0, 0.05) is 26.7 Å². The zero-order chi connectivity index (χ0) is 17.5. The average molecular weight is 332 g/mol. The van der Waals surface area contributed by atoms with E-state index in [1.807, 2.05) is 43.3 Å². The first-order valence-electron chi connectivity index (χ1n) is 8.15. The number of para-hydroxylation sites is 1. The van der Waals surface area contributed by atoms with Crippen LogP contribution in [-0.2, 0) is 13.2 Å². The van der Waals surface area contributed by atoms with Crippen LogP contribution in [0.25, 0.3) is 11.3 Å². The molecule has 3 nitrogen and oxygen atoms in total. The molecular formula is C22H24N2O. The summed E-state index contributed by atoms with van der Waals surface area (Å²) in [4.78, 5) is 4.34. The van der Waals surface area contributed by atoms with Crippen LogP contribution in [0, 0.1) is 12.1 Å². The molecule has 0 atom stereocenters. The quantitative estimate of drug-likeness (QED) is 0.658. The lowest BCUT2D eigenvalue weighted by molar-refractivity contribution is 0.307. The van der Waals surface area contributed by atoms with E-state index in [2.05, 4.69) is 47.2 Å². The van der Waals surface area contributed by atoms with E-state index in [1.165, 1.54) is 5.56 Å². The van der Waals surface area contributed by atoms with Gasteiger partial charge in [0.15, 0.2) is 0 Å². The number of rotatable bonds is 7. The largest absolute Gasteiger partial charge is 0.488 e. The van der Waals surface area contributed by atoms with Gasteiger partial charge in [-0.25, -0.2) is 4.98 Å². The van der Waals surface area contributed by atoms with Crippen LogP contribution in [0.2, 0.25) is 0 Å². The molecule has 0 fully saturated rings. The molecule has 3 rings (SSSR count). The molecule has 0 amide bonds. The number of hydrogen-bond acceptors (Lipinski definition) is 3. The van der Waals surface area contributed by atoms with Crippen LogP contribution in [-0.4, -0.2) is 4.98 Å². The Labute approximate surface area is 152 Å². The number of aromatic nitrogens is 1. The Hall–Kier alpha value is -3.25. The van der Waals surface area contributed by atoms with Crippen molar-refractivity contribution in [3.8, 4) is 17.0 Å². The molecule has 25 heavy (non-hydrogen) atoms. The van der Waals surface area contributed by atoms with Crippen molar-refractivity contribution in [3.05, 3.63) is 96.3 Å². The number of ether oxygens (including phenoxy) is 1. The van der Waals surface area contributed by atoms with Crippen LogP contribution in [0.4, 0.5) is 0 Å². The number of nitrogens with one attached hydrogen (secondary N) is 1. The fourth-order valence-electron chi connectivity index (χ4n) is 2.48. The minimum Gasteiger partial charge on any atom is -0.488 e. The van der Waals surface area contributed by atoms with Gasteiger partial charge in [-0.1, -0.05) is 49.0 Å². The summed E-state index contributed by atoms with van der Waals surface area (Å²) >= 11 is 0. The van der Waals surface area contributed by atoms with Crippen molar-refractivity contribution < 1.29 is 7.59 Å². The summed E-state index contributed by atoms with van der Waals surface area (Å²) in [5.41, 5.74) is 5.06. The second kappa shape index (κ2) is 8.03. The van der Waals surface area contributed by atoms with Crippen molar-refractivity contribution in [2.24, 2.45) is 0 Å². The van der Waals surface area contributed by atoms with Crippen LogP contribution in [0.1, 0.15) is 20.9 Å². The zero-order valence-corrected chi connectivity index (χ0v) is 14.3. The molecule has 0 aliphatic rings. The number of hydrogen-bond donors (Lipinski definition) is 1. The Kier molecular flexibility index (Phi) is 5.33. The van der Waals surface area contributed by atoms with E-state index < -0.39 is 0 Å². The minimum atomic E-state index is 0. The Bertz CT molecular complexity index is 854. The Morgan fingerprint density at radius 3 is 2.80 bits per heavy atom. The minimum absolute atomic E-state index is 0. The standard InChI is InChI=1S/C22H20N2O.2H2/c1-17(2)24-15-18-8-7-9-19(14-18)16-25-22-12-4-3-10-20(22)21-11-5-6-13-23-21;;/h3-4,7-14,24H,1,15-16H2,2H3;2*1H. The van der Waals surface area contributed by atoms with Crippen LogP contribution < -0.4 is 10.1 Å². The predicted octanol–water partition coefficient (Wildman–Crippen LogP) is 5.04. The first-order chi connectivity index (χ1) is 12.2. The van der Waals surface area contributed by atoms with Gasteiger partial charge < -0.3 is 10.1 Å². The molecule has 0 saturated heterocycles. The molecule has 0 spiro atoms. The van der Waals surface area contributed by atoms with Gasteiger partial charge >= 0.3 is 0 Å². The fraction of sp³-hybridized carbons (Fsp3) is 0.136. The molecule has 2 aromatic carbocycles. The predicted molar refractivity (Wildman–Crippen MR) is 104 cm³/mol. The number of nitrogens with zero attached hydrogens (tertiary/aromatic N) is 1. The third-order valence-electron chi connectivity index (χ3n) is 3.70. The summed E-state index contributed by atoms with van der Waals surface area (Å²) in [5, 5.41) is 3.24. The Morgan fingerprint density at radius 1 is 1.16 bits per heavy atom. The highest BCUT2D eigenvalue weighted by molar-refractivity contribution is 5.66. The maximum absolute atomic E-state index is 6.06. The summed E-state index contributed by atoms with van der Waals surface area (Å²) in [6.45, 7) is 7.08. The SMILES string of the molecule is C=C(C)NCc1cccc(COc2ccccc2-c2cc#ccn2)c1.[HH].[HH]. The number of allylic oxidation sites excluding steroid dienone is 1. The molecule has 1 heterocycles. The highest BCUT2D eigenvalue weighted by Crippen LogP contribution is 2.28. The van der Waals surface area contributed by atoms with Gasteiger partial charge in [-0.15, -0.1) is 0 Å². The van der Waals surface area contributed by atoms with Gasteiger partial charge in [0.1, 0.15) is 12.4 Å². The van der Waals surface area contributed by atoms with E-state index >= 15 is 0 Å². The summed E-state index contributed by atoms with van der Waals surface area (Å²) < 4.78 is 6.06. The Balaban J connectivity index is 0.00000182. The van der Waals surface area contributed by atoms with Crippen LogP contribution >= 0.6 is 0 Å². The second-order valence-corrected chi connectivity index (χ2v) is 5.82. The van der Waals surface area contributed by atoms with Crippen molar-refractivity contribution in [1.29, 1.82) is 0 Å². The molecule has 0 aliphatic heterocycles. The van der Waals surface area contributed by atoms with Gasteiger partial charge in [0.25, 0.3) is 0 Å². The van der Waals surface area contributed by atoms with Gasteiger partial charge in [-0.05, 0) is 36.2 Å². The summed E-state index contributed by atoms with van der Waals surface area (Å²) in [7, 11) is 0. The molecular weight excluding hydrogens is 308 g/mol. The first kappa shape index (κ1) is 16.6. The van der Waals surface area contributed by atoms with Gasteiger partial charge in [-0.2, -0.15) is 0 Å². The van der Waals surface area contributed by atoms with Crippen molar-refractivity contribution in [2.45, 2.75) is 20.1 Å². The molecule has 0 aliphatic carbocycles.